The third-order valence-corrected chi connectivity index (χ3v) is 10.8. The molecule has 12 aromatic rings. The van der Waals surface area contributed by atoms with Crippen molar-refractivity contribution < 1.29 is 4.42 Å². The average Bonchev–Trinajstić information content (AvgIpc) is 3.79. The van der Waals surface area contributed by atoms with Crippen LogP contribution in [0, 0.1) is 0 Å². The van der Waals surface area contributed by atoms with Crippen LogP contribution in [0.25, 0.3) is 109 Å². The second kappa shape index (κ2) is 9.06. The number of para-hydroxylation sites is 2. The molecule has 0 N–H and O–H groups in total. The maximum Gasteiger partial charge on any atom is 0.136 e. The van der Waals surface area contributed by atoms with Gasteiger partial charge in [0.1, 0.15) is 11.2 Å². The van der Waals surface area contributed by atoms with Crippen LogP contribution in [0.3, 0.4) is 0 Å². The smallest absolute Gasteiger partial charge is 0.136 e. The summed E-state index contributed by atoms with van der Waals surface area (Å²) in [6.45, 7) is 0. The Morgan fingerprint density at radius 2 is 1.10 bits per heavy atom. The van der Waals surface area contributed by atoms with E-state index in [1.54, 1.807) is 0 Å². The standard InChI is InChI=1S/C46H26N2O/c1-2-11-28-26-40-36(25-27(28)10-1)33-17-8-19-38-44(33)45-39(23-22-34-32-14-3-5-18-37(32)48(40)46(34)45)47(38)30-13-7-12-29(24-30)31-16-9-21-42-43(31)35-15-4-6-20-41(35)49-42/h1-26H. The van der Waals surface area contributed by atoms with E-state index in [0.717, 1.165) is 27.6 Å². The number of rotatable bonds is 2. The Hall–Kier alpha value is -6.58. The zero-order chi connectivity index (χ0) is 31.8. The van der Waals surface area contributed by atoms with Crippen LogP contribution in [0.5, 0.6) is 0 Å². The van der Waals surface area contributed by atoms with Crippen LogP contribution in [-0.4, -0.2) is 8.97 Å². The zero-order valence-corrected chi connectivity index (χ0v) is 26.3. The van der Waals surface area contributed by atoms with Crippen molar-refractivity contribution >= 4 is 92.6 Å². The highest BCUT2D eigenvalue weighted by Gasteiger charge is 2.23. The zero-order valence-electron chi connectivity index (χ0n) is 26.3. The maximum absolute atomic E-state index is 6.28. The van der Waals surface area contributed by atoms with Gasteiger partial charge in [-0.2, -0.15) is 0 Å². The van der Waals surface area contributed by atoms with Crippen molar-refractivity contribution in [2.45, 2.75) is 0 Å². The van der Waals surface area contributed by atoms with Crippen molar-refractivity contribution in [3.63, 3.8) is 0 Å². The number of nitrogens with zero attached hydrogens (tertiary/aromatic N) is 2. The summed E-state index contributed by atoms with van der Waals surface area (Å²) in [7, 11) is 0. The average molecular weight is 623 g/mol. The van der Waals surface area contributed by atoms with Gasteiger partial charge in [-0.15, -0.1) is 0 Å². The van der Waals surface area contributed by atoms with Crippen molar-refractivity contribution in [1.82, 2.24) is 8.97 Å². The molecule has 8 aromatic carbocycles. The molecule has 226 valence electrons. The number of hydrogen-bond donors (Lipinski definition) is 0. The summed E-state index contributed by atoms with van der Waals surface area (Å²) < 4.78 is 11.3. The van der Waals surface area contributed by atoms with E-state index in [1.807, 2.05) is 6.07 Å². The lowest BCUT2D eigenvalue weighted by molar-refractivity contribution is 0.669. The lowest BCUT2D eigenvalue weighted by Crippen LogP contribution is -1.95. The normalized spacial score (nSPS) is 12.5. The Balaban J connectivity index is 1.25. The lowest BCUT2D eigenvalue weighted by Gasteiger charge is -2.12. The molecule has 0 radical (unpaired) electrons. The van der Waals surface area contributed by atoms with E-state index in [2.05, 4.69) is 161 Å². The molecule has 0 saturated heterocycles. The SMILES string of the molecule is c1cc(-c2cccc3oc4ccccc4c23)cc(-n2c3cccc4c5cc6ccccc6cc5n5c6ccccc6c6ccc2c(c43)c65)c1. The number of benzene rings is 8. The van der Waals surface area contributed by atoms with Gasteiger partial charge in [0.05, 0.1) is 27.6 Å². The first-order valence-corrected chi connectivity index (χ1v) is 16.9. The number of aromatic nitrogens is 2. The molecule has 4 aromatic heterocycles. The summed E-state index contributed by atoms with van der Waals surface area (Å²) in [6, 6.07) is 57.6. The Morgan fingerprint density at radius 1 is 0.388 bits per heavy atom. The van der Waals surface area contributed by atoms with Crippen LogP contribution in [0.4, 0.5) is 0 Å². The fourth-order valence-corrected chi connectivity index (χ4v) is 8.81. The predicted octanol–water partition coefficient (Wildman–Crippen LogP) is 12.7. The monoisotopic (exact) mass is 622 g/mol. The van der Waals surface area contributed by atoms with Gasteiger partial charge in [0.15, 0.2) is 0 Å². The van der Waals surface area contributed by atoms with Crippen molar-refractivity contribution in [1.29, 1.82) is 0 Å². The van der Waals surface area contributed by atoms with Gasteiger partial charge in [0, 0.05) is 43.4 Å². The molecule has 0 aliphatic rings. The molecule has 0 aliphatic carbocycles. The van der Waals surface area contributed by atoms with Crippen LogP contribution >= 0.6 is 0 Å². The molecule has 0 amide bonds. The van der Waals surface area contributed by atoms with E-state index in [9.17, 15) is 0 Å². The highest BCUT2D eigenvalue weighted by Crippen LogP contribution is 2.46. The van der Waals surface area contributed by atoms with Crippen LogP contribution in [0.1, 0.15) is 0 Å². The van der Waals surface area contributed by atoms with Gasteiger partial charge in [-0.05, 0) is 81.9 Å². The molecule has 0 fully saturated rings. The minimum atomic E-state index is 0.911. The second-order valence-corrected chi connectivity index (χ2v) is 13.3. The predicted molar refractivity (Wildman–Crippen MR) is 206 cm³/mol. The van der Waals surface area contributed by atoms with Gasteiger partial charge >= 0.3 is 0 Å². The second-order valence-electron chi connectivity index (χ2n) is 13.3. The van der Waals surface area contributed by atoms with Gasteiger partial charge in [0.2, 0.25) is 0 Å². The van der Waals surface area contributed by atoms with Crippen LogP contribution in [-0.2, 0) is 0 Å². The fourth-order valence-electron chi connectivity index (χ4n) is 8.81. The largest absolute Gasteiger partial charge is 0.456 e. The van der Waals surface area contributed by atoms with E-state index in [0.29, 0.717) is 0 Å². The third kappa shape index (κ3) is 3.22. The molecule has 3 nitrogen and oxygen atoms in total. The summed E-state index contributed by atoms with van der Waals surface area (Å²) in [6.07, 6.45) is 0. The van der Waals surface area contributed by atoms with Crippen molar-refractivity contribution in [2.24, 2.45) is 0 Å². The molecule has 0 unspecified atom stereocenters. The molecular formula is C46H26N2O. The Bertz CT molecular complexity index is 3340. The minimum Gasteiger partial charge on any atom is -0.456 e. The van der Waals surface area contributed by atoms with E-state index >= 15 is 0 Å². The fraction of sp³-hybridized carbons (Fsp3) is 0. The van der Waals surface area contributed by atoms with Crippen molar-refractivity contribution in [3.8, 4) is 16.8 Å². The Labute approximate surface area is 279 Å². The minimum absolute atomic E-state index is 0.911. The van der Waals surface area contributed by atoms with Gasteiger partial charge in [-0.25, -0.2) is 0 Å². The molecule has 4 heterocycles. The molecule has 0 spiro atoms. The molecule has 49 heavy (non-hydrogen) atoms. The highest BCUT2D eigenvalue weighted by atomic mass is 16.3. The number of furan rings is 1. The molecule has 0 atom stereocenters. The first-order valence-electron chi connectivity index (χ1n) is 16.9. The van der Waals surface area contributed by atoms with Gasteiger partial charge in [-0.3, -0.25) is 0 Å². The number of fused-ring (bicyclic) bond motifs is 10. The maximum atomic E-state index is 6.28. The lowest BCUT2D eigenvalue weighted by atomic mass is 9.99. The first-order chi connectivity index (χ1) is 24.3. The van der Waals surface area contributed by atoms with Crippen LogP contribution < -0.4 is 0 Å². The van der Waals surface area contributed by atoms with E-state index in [4.69, 9.17) is 4.42 Å². The summed E-state index contributed by atoms with van der Waals surface area (Å²) >= 11 is 0. The highest BCUT2D eigenvalue weighted by molar-refractivity contribution is 6.33. The number of hydrogen-bond acceptors (Lipinski definition) is 1. The van der Waals surface area contributed by atoms with E-state index in [1.165, 1.54) is 81.8 Å². The van der Waals surface area contributed by atoms with Crippen LogP contribution in [0.2, 0.25) is 0 Å². The summed E-state index contributed by atoms with van der Waals surface area (Å²) in [5, 5.41) is 12.5. The van der Waals surface area contributed by atoms with Crippen LogP contribution in [0.15, 0.2) is 162 Å². The molecular weight excluding hydrogens is 597 g/mol. The summed E-state index contributed by atoms with van der Waals surface area (Å²) in [5.41, 5.74) is 11.5. The molecule has 0 bridgehead atoms. The topological polar surface area (TPSA) is 22.5 Å². The molecule has 3 heteroatoms. The first kappa shape index (κ1) is 25.5. The third-order valence-electron chi connectivity index (χ3n) is 10.8. The van der Waals surface area contributed by atoms with Gasteiger partial charge in [-0.1, -0.05) is 103 Å². The van der Waals surface area contributed by atoms with Gasteiger partial charge in [0.25, 0.3) is 0 Å². The van der Waals surface area contributed by atoms with Crippen molar-refractivity contribution in [2.75, 3.05) is 0 Å². The van der Waals surface area contributed by atoms with Gasteiger partial charge < -0.3 is 13.4 Å². The molecule has 0 aliphatic heterocycles. The van der Waals surface area contributed by atoms with E-state index < -0.39 is 0 Å². The molecule has 0 saturated carbocycles. The quantitative estimate of drug-likeness (QED) is 0.188. The van der Waals surface area contributed by atoms with E-state index in [-0.39, 0.29) is 0 Å². The summed E-state index contributed by atoms with van der Waals surface area (Å²) in [4.78, 5) is 0. The Morgan fingerprint density at radius 3 is 2.04 bits per heavy atom. The Kier molecular flexibility index (Phi) is 4.72. The van der Waals surface area contributed by atoms with Crippen molar-refractivity contribution in [3.05, 3.63) is 158 Å². The summed E-state index contributed by atoms with van der Waals surface area (Å²) in [5.74, 6) is 0. The molecule has 12 rings (SSSR count).